The van der Waals surface area contributed by atoms with E-state index in [1.54, 1.807) is 0 Å². The van der Waals surface area contributed by atoms with Gasteiger partial charge in [0.05, 0.1) is 30.0 Å². The van der Waals surface area contributed by atoms with Gasteiger partial charge in [0.2, 0.25) is 0 Å². The summed E-state index contributed by atoms with van der Waals surface area (Å²) in [6, 6.07) is 10.8. The number of hydrogen-bond acceptors (Lipinski definition) is 6. The van der Waals surface area contributed by atoms with Gasteiger partial charge in [0.15, 0.2) is 0 Å². The van der Waals surface area contributed by atoms with Gasteiger partial charge in [-0.15, -0.1) is 0 Å². The molecule has 30 heavy (non-hydrogen) atoms. The molecule has 150 valence electrons. The van der Waals surface area contributed by atoms with Crippen molar-refractivity contribution in [3.05, 3.63) is 57.3 Å². The third kappa shape index (κ3) is 3.12. The van der Waals surface area contributed by atoms with Gasteiger partial charge in [-0.3, -0.25) is 0 Å². The highest BCUT2D eigenvalue weighted by Crippen LogP contribution is 2.44. The number of hydrogen-bond donors (Lipinski definition) is 1. The third-order valence-electron chi connectivity index (χ3n) is 5.91. The summed E-state index contributed by atoms with van der Waals surface area (Å²) >= 11 is 0. The average Bonchev–Trinajstić information content (AvgIpc) is 3.01. The van der Waals surface area contributed by atoms with E-state index < -0.39 is 0 Å². The molecule has 1 saturated heterocycles. The minimum atomic E-state index is 0.168. The van der Waals surface area contributed by atoms with Gasteiger partial charge in [-0.1, -0.05) is 6.07 Å². The maximum absolute atomic E-state index is 9.71. The van der Waals surface area contributed by atoms with E-state index in [1.807, 2.05) is 13.8 Å². The van der Waals surface area contributed by atoms with Gasteiger partial charge in [0, 0.05) is 24.3 Å². The Hall–Kier alpha value is -3.61. The predicted molar refractivity (Wildman–Crippen MR) is 118 cm³/mol. The first kappa shape index (κ1) is 19.7. The number of fused-ring (bicyclic) bond motifs is 1. The number of aromatic nitrogens is 1. The van der Waals surface area contributed by atoms with Crippen LogP contribution in [0.15, 0.2) is 23.8 Å². The highest BCUT2D eigenvalue weighted by Gasteiger charge is 2.29. The normalized spacial score (nSPS) is 17.1. The average molecular weight is 397 g/mol. The lowest BCUT2D eigenvalue weighted by atomic mass is 9.94. The molecule has 4 rings (SSSR count). The first-order chi connectivity index (χ1) is 14.5. The lowest BCUT2D eigenvalue weighted by molar-refractivity contribution is 0.122. The van der Waals surface area contributed by atoms with Crippen LogP contribution in [0.25, 0.3) is 17.2 Å². The maximum atomic E-state index is 9.71. The molecule has 2 N–H and O–H groups in total. The quantitative estimate of drug-likeness (QED) is 0.827. The number of nitriles is 2. The van der Waals surface area contributed by atoms with Gasteiger partial charge < -0.3 is 15.4 Å². The van der Waals surface area contributed by atoms with Crippen molar-refractivity contribution in [2.45, 2.75) is 20.8 Å². The van der Waals surface area contributed by atoms with Crippen molar-refractivity contribution in [1.29, 1.82) is 10.5 Å². The first-order valence-electron chi connectivity index (χ1n) is 9.93. The zero-order chi connectivity index (χ0) is 21.4. The topological polar surface area (TPSA) is 99.0 Å². The minimum Gasteiger partial charge on any atom is -0.383 e. The van der Waals surface area contributed by atoms with Crippen LogP contribution in [0.4, 0.5) is 11.5 Å². The van der Waals surface area contributed by atoms with Gasteiger partial charge in [0.1, 0.15) is 18.0 Å². The number of rotatable bonds is 2. The van der Waals surface area contributed by atoms with Crippen LogP contribution >= 0.6 is 0 Å². The molecule has 6 heteroatoms. The summed E-state index contributed by atoms with van der Waals surface area (Å²) in [5.74, 6) is 0.168. The summed E-state index contributed by atoms with van der Waals surface area (Å²) in [5.41, 5.74) is 14.2. The van der Waals surface area contributed by atoms with E-state index in [-0.39, 0.29) is 5.82 Å². The SMILES string of the molecule is CC1=C(C#N)c2nc(N)c(C#N)c(C)c2/C1=C\c1ccc(N2CCOCC2)cc1C. The second kappa shape index (κ2) is 7.67. The van der Waals surface area contributed by atoms with Crippen molar-refractivity contribution in [2.75, 3.05) is 36.9 Å². The largest absolute Gasteiger partial charge is 0.383 e. The van der Waals surface area contributed by atoms with Crippen molar-refractivity contribution in [2.24, 2.45) is 0 Å². The van der Waals surface area contributed by atoms with Crippen LogP contribution in [0.2, 0.25) is 0 Å². The lowest BCUT2D eigenvalue weighted by Gasteiger charge is -2.29. The Morgan fingerprint density at radius 3 is 2.50 bits per heavy atom. The second-order valence-electron chi connectivity index (χ2n) is 7.64. The van der Waals surface area contributed by atoms with Gasteiger partial charge in [-0.05, 0) is 66.8 Å². The lowest BCUT2D eigenvalue weighted by Crippen LogP contribution is -2.36. The molecule has 0 atom stereocenters. The summed E-state index contributed by atoms with van der Waals surface area (Å²) < 4.78 is 5.45. The molecule has 0 saturated carbocycles. The molecule has 1 aromatic carbocycles. The molecular weight excluding hydrogens is 374 g/mol. The van der Waals surface area contributed by atoms with Crippen LogP contribution in [0.3, 0.4) is 0 Å². The molecule has 1 fully saturated rings. The van der Waals surface area contributed by atoms with Crippen LogP contribution in [0, 0.1) is 36.5 Å². The van der Waals surface area contributed by atoms with Gasteiger partial charge in [0.25, 0.3) is 0 Å². The van der Waals surface area contributed by atoms with Crippen LogP contribution < -0.4 is 10.6 Å². The predicted octanol–water partition coefficient (Wildman–Crippen LogP) is 3.84. The van der Waals surface area contributed by atoms with Crippen molar-refractivity contribution in [3.63, 3.8) is 0 Å². The Bertz CT molecular complexity index is 1190. The number of nitrogens with two attached hydrogens (primary N) is 1. The summed E-state index contributed by atoms with van der Waals surface area (Å²) in [5, 5.41) is 19.2. The Kier molecular flexibility index (Phi) is 5.03. The summed E-state index contributed by atoms with van der Waals surface area (Å²) in [4.78, 5) is 6.72. The van der Waals surface area contributed by atoms with E-state index in [0.29, 0.717) is 16.8 Å². The monoisotopic (exact) mass is 397 g/mol. The summed E-state index contributed by atoms with van der Waals surface area (Å²) in [6.45, 7) is 9.16. The van der Waals surface area contributed by atoms with Crippen molar-refractivity contribution < 1.29 is 4.74 Å². The van der Waals surface area contributed by atoms with Crippen LogP contribution in [0.1, 0.15) is 40.4 Å². The number of pyridine rings is 1. The number of anilines is 2. The Balaban J connectivity index is 1.83. The molecule has 2 aliphatic rings. The molecule has 0 bridgehead atoms. The highest BCUT2D eigenvalue weighted by atomic mass is 16.5. The molecular formula is C24H23N5O. The molecule has 2 aromatic rings. The molecule has 1 aliphatic carbocycles. The Morgan fingerprint density at radius 2 is 1.87 bits per heavy atom. The van der Waals surface area contributed by atoms with E-state index >= 15 is 0 Å². The zero-order valence-electron chi connectivity index (χ0n) is 17.4. The third-order valence-corrected chi connectivity index (χ3v) is 5.91. The summed E-state index contributed by atoms with van der Waals surface area (Å²) in [7, 11) is 0. The van der Waals surface area contributed by atoms with Gasteiger partial charge >= 0.3 is 0 Å². The van der Waals surface area contributed by atoms with Crippen molar-refractivity contribution in [1.82, 2.24) is 4.98 Å². The van der Waals surface area contributed by atoms with Gasteiger partial charge in [-0.2, -0.15) is 10.5 Å². The van der Waals surface area contributed by atoms with E-state index in [0.717, 1.165) is 59.7 Å². The molecule has 6 nitrogen and oxygen atoms in total. The molecule has 0 amide bonds. The van der Waals surface area contributed by atoms with E-state index in [1.165, 1.54) is 5.69 Å². The molecule has 0 unspecified atom stereocenters. The maximum Gasteiger partial charge on any atom is 0.142 e. The van der Waals surface area contributed by atoms with Gasteiger partial charge in [-0.25, -0.2) is 4.98 Å². The highest BCUT2D eigenvalue weighted by molar-refractivity contribution is 6.08. The standard InChI is InChI=1S/C24H23N5O/c1-14-10-18(29-6-8-30-9-7-29)5-4-17(14)11-19-15(2)20(12-25)23-22(19)16(3)21(13-26)24(27)28-23/h4-5,10-11H,6-9H2,1-3H3,(H2,27,28)/b19-11-. The van der Waals surface area contributed by atoms with Crippen LogP contribution in [-0.2, 0) is 4.74 Å². The van der Waals surface area contributed by atoms with E-state index in [2.05, 4.69) is 53.2 Å². The number of aryl methyl sites for hydroxylation is 1. The fourth-order valence-corrected chi connectivity index (χ4v) is 4.19. The number of nitrogen functional groups attached to an aromatic ring is 1. The Labute approximate surface area is 176 Å². The van der Waals surface area contributed by atoms with E-state index in [9.17, 15) is 10.5 Å². The molecule has 1 aromatic heterocycles. The van der Waals surface area contributed by atoms with Crippen LogP contribution in [-0.4, -0.2) is 31.3 Å². The first-order valence-corrected chi connectivity index (χ1v) is 9.93. The number of ether oxygens (including phenoxy) is 1. The fraction of sp³-hybridized carbons (Fsp3) is 0.292. The number of allylic oxidation sites excluding steroid dienone is 3. The molecule has 1 aliphatic heterocycles. The number of morpholine rings is 1. The molecule has 0 radical (unpaired) electrons. The minimum absolute atomic E-state index is 0.168. The molecule has 0 spiro atoms. The number of benzene rings is 1. The molecule has 2 heterocycles. The summed E-state index contributed by atoms with van der Waals surface area (Å²) in [6.07, 6.45) is 2.09. The smallest absolute Gasteiger partial charge is 0.142 e. The van der Waals surface area contributed by atoms with Crippen LogP contribution in [0.5, 0.6) is 0 Å². The van der Waals surface area contributed by atoms with E-state index in [4.69, 9.17) is 10.5 Å². The Morgan fingerprint density at radius 1 is 1.13 bits per heavy atom. The van der Waals surface area contributed by atoms with Crippen molar-refractivity contribution in [3.8, 4) is 12.1 Å². The zero-order valence-corrected chi connectivity index (χ0v) is 17.4. The van der Waals surface area contributed by atoms with Crippen molar-refractivity contribution >= 4 is 28.7 Å². The number of nitrogens with zero attached hydrogens (tertiary/aromatic N) is 4. The fourth-order valence-electron chi connectivity index (χ4n) is 4.19. The second-order valence-corrected chi connectivity index (χ2v) is 7.64.